The molecule has 0 atom stereocenters. The van der Waals surface area contributed by atoms with Gasteiger partial charge in [-0.1, -0.05) is 24.3 Å². The molecule has 0 aromatic carbocycles. The molecule has 2 nitrogen and oxygen atoms in total. The predicted molar refractivity (Wildman–Crippen MR) is 48.7 cm³/mol. The van der Waals surface area contributed by atoms with E-state index in [0.29, 0.717) is 15.3 Å². The Hall–Kier alpha value is -0.540. The zero-order valence-corrected chi connectivity index (χ0v) is 7.85. The Labute approximate surface area is 77.7 Å². The number of rotatable bonds is 1. The van der Waals surface area contributed by atoms with Gasteiger partial charge in [-0.05, 0) is 22.0 Å². The third-order valence-corrected chi connectivity index (χ3v) is 1.91. The second-order valence-corrected chi connectivity index (χ2v) is 3.02. The van der Waals surface area contributed by atoms with Gasteiger partial charge >= 0.3 is 0 Å². The van der Waals surface area contributed by atoms with Crippen LogP contribution in [-0.2, 0) is 0 Å². The molecule has 58 valence electrons. The van der Waals surface area contributed by atoms with Crippen LogP contribution in [0, 0.1) is 0 Å². The van der Waals surface area contributed by atoms with Gasteiger partial charge < -0.3 is 5.11 Å². The molecule has 0 amide bonds. The van der Waals surface area contributed by atoms with E-state index >= 15 is 0 Å². The molecule has 0 aliphatic carbocycles. The van der Waals surface area contributed by atoms with Gasteiger partial charge in [0.2, 0.25) is 0 Å². The van der Waals surface area contributed by atoms with Crippen molar-refractivity contribution in [1.82, 2.24) is 4.98 Å². The minimum atomic E-state index is 0.0596. The first-order chi connectivity index (χ1) is 5.15. The van der Waals surface area contributed by atoms with Crippen LogP contribution in [0.5, 0.6) is 5.75 Å². The number of pyridine rings is 1. The molecular weight excluding hydrogens is 229 g/mol. The molecule has 0 aliphatic rings. The first-order valence-corrected chi connectivity index (χ1v) is 3.99. The van der Waals surface area contributed by atoms with Gasteiger partial charge in [0.05, 0.1) is 0 Å². The summed E-state index contributed by atoms with van der Waals surface area (Å²) in [5.41, 5.74) is 0.567. The van der Waals surface area contributed by atoms with Crippen molar-refractivity contribution in [3.63, 3.8) is 0 Å². The molecule has 1 N–H and O–H groups in total. The summed E-state index contributed by atoms with van der Waals surface area (Å²) in [4.78, 5) is 3.77. The standard InChI is InChI=1S/C7H5BrClNO/c1-2-4-3-5(9)10-7(8)6(4)11/h2-3,11H,1H2. The molecule has 4 heteroatoms. The quantitative estimate of drug-likeness (QED) is 0.758. The van der Waals surface area contributed by atoms with Crippen LogP contribution in [0.15, 0.2) is 17.2 Å². The van der Waals surface area contributed by atoms with E-state index in [4.69, 9.17) is 11.6 Å². The Morgan fingerprint density at radius 3 is 2.91 bits per heavy atom. The van der Waals surface area contributed by atoms with Crippen molar-refractivity contribution in [3.8, 4) is 5.75 Å². The molecule has 1 rings (SSSR count). The average Bonchev–Trinajstić information content (AvgIpc) is 1.96. The minimum absolute atomic E-state index is 0.0596. The minimum Gasteiger partial charge on any atom is -0.505 e. The van der Waals surface area contributed by atoms with E-state index < -0.39 is 0 Å². The van der Waals surface area contributed by atoms with E-state index in [-0.39, 0.29) is 5.75 Å². The average molecular weight is 234 g/mol. The maximum atomic E-state index is 9.28. The lowest BCUT2D eigenvalue weighted by Gasteiger charge is -2.00. The molecule has 0 fully saturated rings. The van der Waals surface area contributed by atoms with Gasteiger partial charge in [0.1, 0.15) is 9.76 Å². The van der Waals surface area contributed by atoms with Crippen LogP contribution in [0.25, 0.3) is 6.08 Å². The first-order valence-electron chi connectivity index (χ1n) is 2.82. The molecule has 0 unspecified atom stereocenters. The van der Waals surface area contributed by atoms with Crippen molar-refractivity contribution < 1.29 is 5.11 Å². The summed E-state index contributed by atoms with van der Waals surface area (Å²) in [5, 5.41) is 9.61. The molecule has 0 aliphatic heterocycles. The van der Waals surface area contributed by atoms with Crippen molar-refractivity contribution in [3.05, 3.63) is 28.0 Å². The van der Waals surface area contributed by atoms with Gasteiger partial charge in [-0.25, -0.2) is 4.98 Å². The summed E-state index contributed by atoms with van der Waals surface area (Å²) in [6.07, 6.45) is 1.51. The zero-order valence-electron chi connectivity index (χ0n) is 5.51. The Bertz CT molecular complexity index is 301. The fraction of sp³-hybridized carbons (Fsp3) is 0. The third kappa shape index (κ3) is 1.73. The summed E-state index contributed by atoms with van der Waals surface area (Å²) in [6, 6.07) is 1.54. The number of hydrogen-bond acceptors (Lipinski definition) is 2. The van der Waals surface area contributed by atoms with Crippen LogP contribution in [0.3, 0.4) is 0 Å². The zero-order chi connectivity index (χ0) is 8.43. The molecule has 0 saturated heterocycles. The smallest absolute Gasteiger partial charge is 0.155 e. The molecule has 11 heavy (non-hydrogen) atoms. The van der Waals surface area contributed by atoms with E-state index in [0.717, 1.165) is 0 Å². The van der Waals surface area contributed by atoms with Crippen LogP contribution in [0.4, 0.5) is 0 Å². The Morgan fingerprint density at radius 1 is 1.73 bits per heavy atom. The van der Waals surface area contributed by atoms with Crippen molar-refractivity contribution in [2.24, 2.45) is 0 Å². The van der Waals surface area contributed by atoms with Gasteiger partial charge in [0, 0.05) is 5.56 Å². The normalized spacial score (nSPS) is 9.64. The second-order valence-electron chi connectivity index (χ2n) is 1.88. The highest BCUT2D eigenvalue weighted by molar-refractivity contribution is 9.10. The largest absolute Gasteiger partial charge is 0.505 e. The van der Waals surface area contributed by atoms with Gasteiger partial charge in [-0.3, -0.25) is 0 Å². The predicted octanol–water partition coefficient (Wildman–Crippen LogP) is 2.85. The summed E-state index contributed by atoms with van der Waals surface area (Å²) in [6.45, 7) is 3.51. The molecule has 0 spiro atoms. The molecule has 1 aromatic rings. The summed E-state index contributed by atoms with van der Waals surface area (Å²) < 4.78 is 0.333. The van der Waals surface area contributed by atoms with Gasteiger partial charge in [-0.15, -0.1) is 0 Å². The lowest BCUT2D eigenvalue weighted by atomic mass is 10.2. The van der Waals surface area contributed by atoms with Crippen LogP contribution in [0.1, 0.15) is 5.56 Å². The summed E-state index contributed by atoms with van der Waals surface area (Å²) in [7, 11) is 0. The van der Waals surface area contributed by atoms with Crippen LogP contribution in [-0.4, -0.2) is 10.1 Å². The highest BCUT2D eigenvalue weighted by Crippen LogP contribution is 2.28. The Morgan fingerprint density at radius 2 is 2.36 bits per heavy atom. The van der Waals surface area contributed by atoms with Gasteiger partial charge in [0.15, 0.2) is 5.75 Å². The van der Waals surface area contributed by atoms with Crippen LogP contribution in [0.2, 0.25) is 5.15 Å². The van der Waals surface area contributed by atoms with Crippen LogP contribution < -0.4 is 0 Å². The Kier molecular flexibility index (Phi) is 2.52. The van der Waals surface area contributed by atoms with Gasteiger partial charge in [-0.2, -0.15) is 0 Å². The number of halogens is 2. The Balaban J connectivity index is 3.35. The maximum absolute atomic E-state index is 9.28. The van der Waals surface area contributed by atoms with Crippen molar-refractivity contribution in [1.29, 1.82) is 0 Å². The third-order valence-electron chi connectivity index (χ3n) is 1.17. The second kappa shape index (κ2) is 3.24. The summed E-state index contributed by atoms with van der Waals surface area (Å²) in [5.74, 6) is 0.0596. The topological polar surface area (TPSA) is 33.1 Å². The highest BCUT2D eigenvalue weighted by Gasteiger charge is 2.04. The van der Waals surface area contributed by atoms with Crippen molar-refractivity contribution in [2.75, 3.05) is 0 Å². The number of hydrogen-bond donors (Lipinski definition) is 1. The first kappa shape index (κ1) is 8.56. The molecule has 0 radical (unpaired) electrons. The van der Waals surface area contributed by atoms with Crippen molar-refractivity contribution in [2.45, 2.75) is 0 Å². The van der Waals surface area contributed by atoms with E-state index in [1.165, 1.54) is 12.1 Å². The van der Waals surface area contributed by atoms with E-state index in [2.05, 4.69) is 27.5 Å². The van der Waals surface area contributed by atoms with E-state index in [1.807, 2.05) is 0 Å². The van der Waals surface area contributed by atoms with Crippen molar-refractivity contribution >= 4 is 33.6 Å². The monoisotopic (exact) mass is 233 g/mol. The lowest BCUT2D eigenvalue weighted by molar-refractivity contribution is 0.467. The summed E-state index contributed by atoms with van der Waals surface area (Å²) >= 11 is 8.65. The number of aromatic nitrogens is 1. The SMILES string of the molecule is C=Cc1cc(Cl)nc(Br)c1O. The fourth-order valence-electron chi connectivity index (χ4n) is 0.650. The molecular formula is C7H5BrClNO. The molecule has 0 bridgehead atoms. The molecule has 1 aromatic heterocycles. The molecule has 1 heterocycles. The number of aromatic hydroxyl groups is 1. The van der Waals surface area contributed by atoms with Gasteiger partial charge in [0.25, 0.3) is 0 Å². The van der Waals surface area contributed by atoms with E-state index in [9.17, 15) is 5.11 Å². The number of nitrogens with zero attached hydrogens (tertiary/aromatic N) is 1. The lowest BCUT2D eigenvalue weighted by Crippen LogP contribution is -1.82. The van der Waals surface area contributed by atoms with Crippen LogP contribution >= 0.6 is 27.5 Å². The molecule has 0 saturated carbocycles. The fourth-order valence-corrected chi connectivity index (χ4v) is 1.37. The van der Waals surface area contributed by atoms with E-state index in [1.54, 1.807) is 0 Å². The highest BCUT2D eigenvalue weighted by atomic mass is 79.9. The maximum Gasteiger partial charge on any atom is 0.155 e.